The maximum absolute atomic E-state index is 12.7. The maximum Gasteiger partial charge on any atom is 0.319 e. The Balaban J connectivity index is 1.63. The van der Waals surface area contributed by atoms with Gasteiger partial charge in [0.1, 0.15) is 0 Å². The van der Waals surface area contributed by atoms with Crippen LogP contribution in [0, 0.1) is 6.92 Å². The number of urea groups is 1. The fourth-order valence-corrected chi connectivity index (χ4v) is 4.31. The molecule has 3 rings (SSSR count). The minimum Gasteiger partial charge on any atom is -0.352 e. The molecule has 25 heavy (non-hydrogen) atoms. The lowest BCUT2D eigenvalue weighted by Gasteiger charge is -2.28. The first-order valence-electron chi connectivity index (χ1n) is 8.04. The zero-order valence-electron chi connectivity index (χ0n) is 14.1. The number of nitrogens with one attached hydrogen (secondary N) is 3. The Bertz CT molecular complexity index is 795. The first-order valence-corrected chi connectivity index (χ1v) is 9.86. The molecule has 0 saturated heterocycles. The largest absolute Gasteiger partial charge is 0.352 e. The predicted octanol–water partition coefficient (Wildman–Crippen LogP) is 2.89. The van der Waals surface area contributed by atoms with Crippen LogP contribution in [0.1, 0.15) is 35.5 Å². The van der Waals surface area contributed by atoms with Crippen LogP contribution in [-0.2, 0) is 11.2 Å². The second-order valence-corrected chi connectivity index (χ2v) is 7.57. The van der Waals surface area contributed by atoms with Crippen LogP contribution in [0.25, 0.3) is 0 Å². The summed E-state index contributed by atoms with van der Waals surface area (Å²) in [6.45, 7) is 4.34. The van der Waals surface area contributed by atoms with Crippen molar-refractivity contribution < 1.29 is 9.59 Å². The lowest BCUT2D eigenvalue weighted by Crippen LogP contribution is -2.47. The molecule has 0 bridgehead atoms. The Hall–Kier alpha value is -2.19. The third kappa shape index (κ3) is 4.08. The minimum absolute atomic E-state index is 0.151. The van der Waals surface area contributed by atoms with E-state index in [0.29, 0.717) is 17.8 Å². The Morgan fingerprint density at radius 3 is 2.92 bits per heavy atom. The Kier molecular flexibility index (Phi) is 5.50. The normalized spacial score (nSPS) is 17.2. The summed E-state index contributed by atoms with van der Waals surface area (Å²) in [5.41, 5.74) is 4.98. The molecule has 0 aromatic carbocycles. The number of thiazole rings is 1. The number of amides is 3. The van der Waals surface area contributed by atoms with E-state index in [9.17, 15) is 9.59 Å². The molecule has 1 atom stereocenters. The van der Waals surface area contributed by atoms with Crippen molar-refractivity contribution in [2.45, 2.75) is 32.7 Å². The lowest BCUT2D eigenvalue weighted by molar-refractivity contribution is -0.117. The number of aromatic nitrogens is 1. The highest BCUT2D eigenvalue weighted by atomic mass is 32.1. The quantitative estimate of drug-likeness (QED) is 0.678. The summed E-state index contributed by atoms with van der Waals surface area (Å²) in [6.07, 6.45) is 1.75. The van der Waals surface area contributed by atoms with E-state index in [4.69, 9.17) is 0 Å². The first-order chi connectivity index (χ1) is 12.1. The summed E-state index contributed by atoms with van der Waals surface area (Å²) >= 11 is 3.19. The lowest BCUT2D eigenvalue weighted by atomic mass is 9.97. The van der Waals surface area contributed by atoms with Gasteiger partial charge in [-0.05, 0) is 49.1 Å². The monoisotopic (exact) mass is 376 g/mol. The highest BCUT2D eigenvalue weighted by Crippen LogP contribution is 2.28. The number of carbonyl (C=O) groups excluding carboxylic acids is 2. The van der Waals surface area contributed by atoms with Gasteiger partial charge in [-0.1, -0.05) is 0 Å². The summed E-state index contributed by atoms with van der Waals surface area (Å²) in [6, 6.07) is 1.23. The van der Waals surface area contributed by atoms with E-state index in [-0.39, 0.29) is 11.9 Å². The van der Waals surface area contributed by atoms with Gasteiger partial charge in [0, 0.05) is 17.1 Å². The maximum atomic E-state index is 12.7. The molecule has 0 aliphatic carbocycles. The summed E-state index contributed by atoms with van der Waals surface area (Å²) in [5, 5.41) is 12.4. The van der Waals surface area contributed by atoms with Crippen molar-refractivity contribution >= 4 is 34.6 Å². The smallest absolute Gasteiger partial charge is 0.319 e. The van der Waals surface area contributed by atoms with Gasteiger partial charge in [-0.25, -0.2) is 9.78 Å². The molecule has 0 radical (unpaired) electrons. The average molecular weight is 377 g/mol. The second kappa shape index (κ2) is 7.79. The standard InChI is InChI=1S/C17H20N4O2S2/c1-10-13(25-9-19-10)4-3-6-18-16(22)14-11(2)20-17(23)21-15(14)12-5-7-24-8-12/h5,7-9,15H,3-4,6H2,1-2H3,(H,18,22)(H2,20,21,23)/t15-/m0/s1. The number of allylic oxidation sites excluding steroid dienone is 1. The molecule has 3 N–H and O–H groups in total. The van der Waals surface area contributed by atoms with E-state index in [1.165, 1.54) is 16.2 Å². The molecule has 8 heteroatoms. The molecular weight excluding hydrogens is 356 g/mol. The Morgan fingerprint density at radius 2 is 2.24 bits per heavy atom. The number of aryl methyl sites for hydroxylation is 2. The van der Waals surface area contributed by atoms with Crippen LogP contribution in [0.4, 0.5) is 4.79 Å². The molecule has 6 nitrogen and oxygen atoms in total. The molecule has 0 saturated carbocycles. The van der Waals surface area contributed by atoms with Crippen LogP contribution >= 0.6 is 22.7 Å². The van der Waals surface area contributed by atoms with Gasteiger partial charge in [-0.3, -0.25) is 4.79 Å². The first kappa shape index (κ1) is 17.6. The highest BCUT2D eigenvalue weighted by molar-refractivity contribution is 7.09. The van der Waals surface area contributed by atoms with E-state index in [1.54, 1.807) is 18.3 Å². The van der Waals surface area contributed by atoms with Gasteiger partial charge in [0.25, 0.3) is 5.91 Å². The van der Waals surface area contributed by atoms with Crippen molar-refractivity contribution in [3.63, 3.8) is 0 Å². The number of rotatable bonds is 6. The van der Waals surface area contributed by atoms with E-state index >= 15 is 0 Å². The van der Waals surface area contributed by atoms with Gasteiger partial charge in [-0.2, -0.15) is 11.3 Å². The number of hydrogen-bond acceptors (Lipinski definition) is 5. The van der Waals surface area contributed by atoms with Gasteiger partial charge < -0.3 is 16.0 Å². The van der Waals surface area contributed by atoms with Crippen LogP contribution < -0.4 is 16.0 Å². The molecule has 0 fully saturated rings. The molecule has 1 aliphatic heterocycles. The van der Waals surface area contributed by atoms with Gasteiger partial charge >= 0.3 is 6.03 Å². The molecule has 2 aromatic heterocycles. The zero-order valence-corrected chi connectivity index (χ0v) is 15.7. The summed E-state index contributed by atoms with van der Waals surface area (Å²) < 4.78 is 0. The topological polar surface area (TPSA) is 83.1 Å². The van der Waals surface area contributed by atoms with Crippen LogP contribution in [-0.4, -0.2) is 23.5 Å². The third-order valence-electron chi connectivity index (χ3n) is 4.10. The Labute approximate surface area is 154 Å². The van der Waals surface area contributed by atoms with Crippen LogP contribution in [0.2, 0.25) is 0 Å². The minimum atomic E-state index is -0.413. The third-order valence-corrected chi connectivity index (χ3v) is 5.80. The van der Waals surface area contributed by atoms with E-state index in [2.05, 4.69) is 20.9 Å². The molecule has 3 heterocycles. The van der Waals surface area contributed by atoms with Crippen molar-refractivity contribution in [3.8, 4) is 0 Å². The highest BCUT2D eigenvalue weighted by Gasteiger charge is 2.31. The Morgan fingerprint density at radius 1 is 1.40 bits per heavy atom. The van der Waals surface area contributed by atoms with Crippen LogP contribution in [0.3, 0.4) is 0 Å². The second-order valence-electron chi connectivity index (χ2n) is 5.85. The number of nitrogens with zero attached hydrogens (tertiary/aromatic N) is 1. The molecule has 0 unspecified atom stereocenters. The molecule has 2 aromatic rings. The SMILES string of the molecule is CC1=C(C(=O)NCCCc2scnc2C)[C@H](c2ccsc2)NC(=O)N1. The van der Waals surface area contributed by atoms with Crippen LogP contribution in [0.5, 0.6) is 0 Å². The van der Waals surface area contributed by atoms with Crippen molar-refractivity contribution in [1.82, 2.24) is 20.9 Å². The van der Waals surface area contributed by atoms with Crippen molar-refractivity contribution in [2.24, 2.45) is 0 Å². The number of thiophene rings is 1. The molecule has 0 spiro atoms. The van der Waals surface area contributed by atoms with Crippen molar-refractivity contribution in [3.05, 3.63) is 49.7 Å². The fourth-order valence-electron chi connectivity index (χ4n) is 2.80. The average Bonchev–Trinajstić information content (AvgIpc) is 3.22. The zero-order chi connectivity index (χ0) is 17.8. The number of hydrogen-bond donors (Lipinski definition) is 3. The van der Waals surface area contributed by atoms with Gasteiger partial charge in [0.05, 0.1) is 22.8 Å². The summed E-state index contributed by atoms with van der Waals surface area (Å²) in [5.74, 6) is -0.151. The van der Waals surface area contributed by atoms with Gasteiger partial charge in [0.15, 0.2) is 0 Å². The molecule has 1 aliphatic rings. The molecular formula is C17H20N4O2S2. The van der Waals surface area contributed by atoms with Crippen LogP contribution in [0.15, 0.2) is 33.6 Å². The summed E-state index contributed by atoms with van der Waals surface area (Å²) in [7, 11) is 0. The van der Waals surface area contributed by atoms with E-state index in [0.717, 1.165) is 24.1 Å². The predicted molar refractivity (Wildman–Crippen MR) is 99.6 cm³/mol. The number of carbonyl (C=O) groups is 2. The van der Waals surface area contributed by atoms with Gasteiger partial charge in [-0.15, -0.1) is 11.3 Å². The van der Waals surface area contributed by atoms with Crippen molar-refractivity contribution in [2.75, 3.05) is 6.54 Å². The van der Waals surface area contributed by atoms with Crippen molar-refractivity contribution in [1.29, 1.82) is 0 Å². The van der Waals surface area contributed by atoms with E-state index < -0.39 is 6.04 Å². The summed E-state index contributed by atoms with van der Waals surface area (Å²) in [4.78, 5) is 30.0. The van der Waals surface area contributed by atoms with E-state index in [1.807, 2.05) is 29.3 Å². The molecule has 3 amide bonds. The van der Waals surface area contributed by atoms with Gasteiger partial charge in [0.2, 0.25) is 0 Å². The fraction of sp³-hybridized carbons (Fsp3) is 0.353. The molecule has 132 valence electrons.